The molecule has 1 N–H and O–H groups in total. The summed E-state index contributed by atoms with van der Waals surface area (Å²) in [6.07, 6.45) is 0. The quantitative estimate of drug-likeness (QED) is 0.535. The van der Waals surface area contributed by atoms with Crippen molar-refractivity contribution in [2.75, 3.05) is 12.4 Å². The first kappa shape index (κ1) is 18.5. The second-order valence-electron chi connectivity index (χ2n) is 6.71. The van der Waals surface area contributed by atoms with E-state index in [-0.39, 0.29) is 11.3 Å². The van der Waals surface area contributed by atoms with Crippen molar-refractivity contribution in [1.29, 1.82) is 0 Å². The van der Waals surface area contributed by atoms with Gasteiger partial charge in [-0.15, -0.1) is 0 Å². The molecule has 5 heteroatoms. The largest absolute Gasteiger partial charge is 0.496 e. The summed E-state index contributed by atoms with van der Waals surface area (Å²) >= 11 is 0. The molecule has 29 heavy (non-hydrogen) atoms. The number of amides is 1. The molecule has 5 nitrogen and oxygen atoms in total. The summed E-state index contributed by atoms with van der Waals surface area (Å²) in [6.45, 7) is 2.00. The molecular formula is C24H19NO4. The Labute approximate surface area is 167 Å². The van der Waals surface area contributed by atoms with Crippen molar-refractivity contribution in [3.05, 3.63) is 94.1 Å². The van der Waals surface area contributed by atoms with Crippen LogP contribution in [0.3, 0.4) is 0 Å². The molecule has 0 radical (unpaired) electrons. The Kier molecular flexibility index (Phi) is 4.87. The zero-order valence-corrected chi connectivity index (χ0v) is 16.1. The number of aryl methyl sites for hydroxylation is 1. The van der Waals surface area contributed by atoms with E-state index < -0.39 is 0 Å². The fraction of sp³-hybridized carbons (Fsp3) is 0.0833. The van der Waals surface area contributed by atoms with Crippen LogP contribution in [0, 0.1) is 6.92 Å². The van der Waals surface area contributed by atoms with E-state index in [4.69, 9.17) is 9.15 Å². The van der Waals surface area contributed by atoms with Crippen LogP contribution in [0.2, 0.25) is 0 Å². The number of hydrogen-bond donors (Lipinski definition) is 1. The van der Waals surface area contributed by atoms with Gasteiger partial charge in [0.25, 0.3) is 5.91 Å². The molecular weight excluding hydrogens is 366 g/mol. The number of nitrogens with one attached hydrogen (secondary N) is 1. The highest BCUT2D eigenvalue weighted by molar-refractivity contribution is 6.06. The lowest BCUT2D eigenvalue weighted by Crippen LogP contribution is -2.13. The minimum Gasteiger partial charge on any atom is -0.496 e. The third kappa shape index (κ3) is 3.75. The highest BCUT2D eigenvalue weighted by Crippen LogP contribution is 2.25. The maximum atomic E-state index is 12.7. The maximum Gasteiger partial charge on any atom is 0.259 e. The fourth-order valence-corrected chi connectivity index (χ4v) is 3.12. The molecule has 0 saturated carbocycles. The van der Waals surface area contributed by atoms with Gasteiger partial charge in [0.15, 0.2) is 5.43 Å². The highest BCUT2D eigenvalue weighted by Gasteiger charge is 2.13. The van der Waals surface area contributed by atoms with E-state index in [0.29, 0.717) is 33.7 Å². The molecule has 0 unspecified atom stereocenters. The predicted octanol–water partition coefficient (Wildman–Crippen LogP) is 5.03. The Morgan fingerprint density at radius 1 is 0.966 bits per heavy atom. The second-order valence-corrected chi connectivity index (χ2v) is 6.71. The summed E-state index contributed by atoms with van der Waals surface area (Å²) in [5.74, 6) is 0.670. The number of hydrogen-bond acceptors (Lipinski definition) is 4. The topological polar surface area (TPSA) is 68.5 Å². The Hall–Kier alpha value is -3.86. The van der Waals surface area contributed by atoms with E-state index in [1.807, 2.05) is 31.2 Å². The van der Waals surface area contributed by atoms with Crippen LogP contribution in [0.25, 0.3) is 22.3 Å². The van der Waals surface area contributed by atoms with E-state index in [1.165, 1.54) is 13.2 Å². The molecule has 3 aromatic carbocycles. The van der Waals surface area contributed by atoms with Gasteiger partial charge in [0.05, 0.1) is 18.1 Å². The van der Waals surface area contributed by atoms with Crippen LogP contribution >= 0.6 is 0 Å². The van der Waals surface area contributed by atoms with Gasteiger partial charge >= 0.3 is 0 Å². The standard InChI is InChI=1S/C24H19NO4/c1-15-7-9-16(10-8-15)23-14-20(26)19-13-17(11-12-22(19)29-23)25-24(27)18-5-3-4-6-21(18)28-2/h3-14H,1-2H3,(H,25,27). The van der Waals surface area contributed by atoms with Gasteiger partial charge in [-0.2, -0.15) is 0 Å². The Morgan fingerprint density at radius 2 is 1.72 bits per heavy atom. The van der Waals surface area contributed by atoms with Gasteiger partial charge in [0.1, 0.15) is 17.1 Å². The number of carbonyl (C=O) groups is 1. The van der Waals surface area contributed by atoms with Crippen LogP contribution in [0.4, 0.5) is 5.69 Å². The van der Waals surface area contributed by atoms with Crippen LogP contribution in [0.1, 0.15) is 15.9 Å². The third-order valence-corrected chi connectivity index (χ3v) is 4.67. The minimum atomic E-state index is -0.317. The summed E-state index contributed by atoms with van der Waals surface area (Å²) in [5.41, 5.74) is 3.18. The minimum absolute atomic E-state index is 0.171. The maximum absolute atomic E-state index is 12.7. The van der Waals surface area contributed by atoms with Crippen LogP contribution in [-0.4, -0.2) is 13.0 Å². The van der Waals surface area contributed by atoms with Gasteiger partial charge < -0.3 is 14.5 Å². The number of ether oxygens (including phenoxy) is 1. The van der Waals surface area contributed by atoms with Gasteiger partial charge in [0.2, 0.25) is 0 Å². The second kappa shape index (κ2) is 7.64. The van der Waals surface area contributed by atoms with Crippen molar-refractivity contribution in [2.24, 2.45) is 0 Å². The van der Waals surface area contributed by atoms with Crippen molar-refractivity contribution in [3.8, 4) is 17.1 Å². The SMILES string of the molecule is COc1ccccc1C(=O)Nc1ccc2oc(-c3ccc(C)cc3)cc(=O)c2c1. The van der Waals surface area contributed by atoms with Crippen LogP contribution in [0.15, 0.2) is 82.0 Å². The van der Waals surface area contributed by atoms with E-state index in [1.54, 1.807) is 42.5 Å². The molecule has 0 bridgehead atoms. The molecule has 0 aliphatic rings. The van der Waals surface area contributed by atoms with Crippen molar-refractivity contribution in [1.82, 2.24) is 0 Å². The number of rotatable bonds is 4. The highest BCUT2D eigenvalue weighted by atomic mass is 16.5. The lowest BCUT2D eigenvalue weighted by atomic mass is 10.1. The molecule has 0 spiro atoms. The van der Waals surface area contributed by atoms with E-state index >= 15 is 0 Å². The summed E-state index contributed by atoms with van der Waals surface area (Å²) < 4.78 is 11.1. The summed E-state index contributed by atoms with van der Waals surface area (Å²) in [4.78, 5) is 25.2. The third-order valence-electron chi connectivity index (χ3n) is 4.67. The zero-order chi connectivity index (χ0) is 20.4. The van der Waals surface area contributed by atoms with Gasteiger partial charge in [-0.05, 0) is 37.3 Å². The Balaban J connectivity index is 1.67. The number of methoxy groups -OCH3 is 1. The van der Waals surface area contributed by atoms with Gasteiger partial charge in [-0.25, -0.2) is 0 Å². The number of carbonyl (C=O) groups excluding carboxylic acids is 1. The smallest absolute Gasteiger partial charge is 0.259 e. The number of fused-ring (bicyclic) bond motifs is 1. The molecule has 1 heterocycles. The molecule has 144 valence electrons. The van der Waals surface area contributed by atoms with Crippen molar-refractivity contribution < 1.29 is 13.9 Å². The van der Waals surface area contributed by atoms with Gasteiger partial charge in [-0.3, -0.25) is 9.59 Å². The lowest BCUT2D eigenvalue weighted by molar-refractivity contribution is 0.102. The number of benzene rings is 3. The lowest BCUT2D eigenvalue weighted by Gasteiger charge is -2.10. The molecule has 0 fully saturated rings. The predicted molar refractivity (Wildman–Crippen MR) is 114 cm³/mol. The normalized spacial score (nSPS) is 10.7. The van der Waals surface area contributed by atoms with E-state index in [0.717, 1.165) is 11.1 Å². The zero-order valence-electron chi connectivity index (χ0n) is 16.1. The molecule has 1 aromatic heterocycles. The van der Waals surface area contributed by atoms with Crippen LogP contribution in [0.5, 0.6) is 5.75 Å². The van der Waals surface area contributed by atoms with Crippen molar-refractivity contribution in [3.63, 3.8) is 0 Å². The van der Waals surface area contributed by atoms with Crippen molar-refractivity contribution in [2.45, 2.75) is 6.92 Å². The average Bonchev–Trinajstić information content (AvgIpc) is 2.74. The summed E-state index contributed by atoms with van der Waals surface area (Å²) in [7, 11) is 1.51. The number of anilines is 1. The Bertz CT molecular complexity index is 1260. The first-order valence-electron chi connectivity index (χ1n) is 9.14. The Morgan fingerprint density at radius 3 is 2.48 bits per heavy atom. The molecule has 0 saturated heterocycles. The van der Waals surface area contributed by atoms with Crippen LogP contribution in [-0.2, 0) is 0 Å². The summed E-state index contributed by atoms with van der Waals surface area (Å²) in [6, 6.07) is 21.2. The van der Waals surface area contributed by atoms with E-state index in [2.05, 4.69) is 5.32 Å². The van der Waals surface area contributed by atoms with E-state index in [9.17, 15) is 9.59 Å². The average molecular weight is 385 g/mol. The monoisotopic (exact) mass is 385 g/mol. The molecule has 0 aliphatic heterocycles. The molecule has 4 aromatic rings. The first-order chi connectivity index (χ1) is 14.0. The molecule has 4 rings (SSSR count). The first-order valence-corrected chi connectivity index (χ1v) is 9.14. The molecule has 1 amide bonds. The van der Waals surface area contributed by atoms with Crippen molar-refractivity contribution >= 4 is 22.6 Å². The van der Waals surface area contributed by atoms with Crippen LogP contribution < -0.4 is 15.5 Å². The number of para-hydroxylation sites is 1. The molecule has 0 aliphatic carbocycles. The molecule has 0 atom stereocenters. The summed E-state index contributed by atoms with van der Waals surface area (Å²) in [5, 5.41) is 3.21. The van der Waals surface area contributed by atoms with Gasteiger partial charge in [0, 0.05) is 17.3 Å². The van der Waals surface area contributed by atoms with Gasteiger partial charge in [-0.1, -0.05) is 42.0 Å². The fourth-order valence-electron chi connectivity index (χ4n) is 3.12.